The molecule has 3 N–H and O–H groups in total. The van der Waals surface area contributed by atoms with E-state index in [2.05, 4.69) is 0 Å². The van der Waals surface area contributed by atoms with Crippen LogP contribution in [0.4, 0.5) is 0 Å². The van der Waals surface area contributed by atoms with Crippen molar-refractivity contribution in [2.24, 2.45) is 0 Å². The highest BCUT2D eigenvalue weighted by Gasteiger charge is 2.16. The Morgan fingerprint density at radius 1 is 0.947 bits per heavy atom. The van der Waals surface area contributed by atoms with Gasteiger partial charge >= 0.3 is 5.97 Å². The lowest BCUT2D eigenvalue weighted by atomic mass is 10.00. The third-order valence-electron chi connectivity index (χ3n) is 2.99. The van der Waals surface area contributed by atoms with Crippen LogP contribution in [0.3, 0.4) is 0 Å². The summed E-state index contributed by atoms with van der Waals surface area (Å²) >= 11 is 0. The molecular formula is C15H14O4. The summed E-state index contributed by atoms with van der Waals surface area (Å²) in [6, 6.07) is 12.1. The lowest BCUT2D eigenvalue weighted by Gasteiger charge is -2.09. The standard InChI is InChI=1S/C15H14O4/c16-13-9-8-12(15(18)19)14(17)11(13)7-6-10-4-2-1-3-5-10/h1-5,8-9,16-17H,6-7H2,(H,18,19). The SMILES string of the molecule is O=C(O)c1ccc(O)c(CCc2ccccc2)c1O. The fourth-order valence-electron chi connectivity index (χ4n) is 1.96. The molecule has 0 aliphatic rings. The Kier molecular flexibility index (Phi) is 3.71. The fourth-order valence-corrected chi connectivity index (χ4v) is 1.96. The summed E-state index contributed by atoms with van der Waals surface area (Å²) in [6.07, 6.45) is 0.994. The van der Waals surface area contributed by atoms with Gasteiger partial charge in [0.1, 0.15) is 17.1 Å². The average Bonchev–Trinajstić information content (AvgIpc) is 2.39. The Morgan fingerprint density at radius 2 is 1.63 bits per heavy atom. The predicted molar refractivity (Wildman–Crippen MR) is 70.6 cm³/mol. The molecule has 0 heterocycles. The van der Waals surface area contributed by atoms with Crippen LogP contribution in [0.5, 0.6) is 11.5 Å². The van der Waals surface area contributed by atoms with Gasteiger partial charge in [-0.3, -0.25) is 0 Å². The molecule has 19 heavy (non-hydrogen) atoms. The van der Waals surface area contributed by atoms with Crippen LogP contribution in [-0.2, 0) is 12.8 Å². The van der Waals surface area contributed by atoms with Crippen LogP contribution in [0.25, 0.3) is 0 Å². The van der Waals surface area contributed by atoms with Crippen molar-refractivity contribution in [1.29, 1.82) is 0 Å². The molecule has 0 saturated carbocycles. The van der Waals surface area contributed by atoms with E-state index in [1.165, 1.54) is 12.1 Å². The number of benzene rings is 2. The number of rotatable bonds is 4. The first-order chi connectivity index (χ1) is 9.09. The van der Waals surface area contributed by atoms with Crippen molar-refractivity contribution in [3.63, 3.8) is 0 Å². The summed E-state index contributed by atoms with van der Waals surface area (Å²) in [5.74, 6) is -1.65. The molecule has 0 atom stereocenters. The lowest BCUT2D eigenvalue weighted by Crippen LogP contribution is -2.00. The molecule has 4 nitrogen and oxygen atoms in total. The van der Waals surface area contributed by atoms with Gasteiger partial charge < -0.3 is 15.3 Å². The van der Waals surface area contributed by atoms with Gasteiger partial charge in [-0.25, -0.2) is 4.79 Å². The molecule has 2 aromatic carbocycles. The van der Waals surface area contributed by atoms with Gasteiger partial charge in [-0.2, -0.15) is 0 Å². The number of carboxylic acid groups (broad SMARTS) is 1. The Hall–Kier alpha value is -2.49. The maximum atomic E-state index is 10.9. The third kappa shape index (κ3) is 2.85. The zero-order valence-electron chi connectivity index (χ0n) is 10.2. The average molecular weight is 258 g/mol. The van der Waals surface area contributed by atoms with Crippen LogP contribution in [0.15, 0.2) is 42.5 Å². The Balaban J connectivity index is 2.25. The van der Waals surface area contributed by atoms with Gasteiger partial charge in [0, 0.05) is 5.56 Å². The summed E-state index contributed by atoms with van der Waals surface area (Å²) in [6.45, 7) is 0. The van der Waals surface area contributed by atoms with Gasteiger partial charge in [-0.05, 0) is 30.5 Å². The maximum absolute atomic E-state index is 10.9. The first-order valence-electron chi connectivity index (χ1n) is 5.90. The first kappa shape index (κ1) is 13.0. The molecule has 0 spiro atoms. The zero-order valence-corrected chi connectivity index (χ0v) is 10.2. The highest BCUT2D eigenvalue weighted by molar-refractivity contribution is 5.91. The summed E-state index contributed by atoms with van der Waals surface area (Å²) in [5.41, 5.74) is 1.13. The molecule has 0 amide bonds. The molecular weight excluding hydrogens is 244 g/mol. The van der Waals surface area contributed by atoms with Crippen molar-refractivity contribution in [1.82, 2.24) is 0 Å². The molecule has 0 radical (unpaired) electrons. The number of carboxylic acids is 1. The number of aromatic hydroxyl groups is 2. The molecule has 0 unspecified atom stereocenters. The molecule has 4 heteroatoms. The quantitative estimate of drug-likeness (QED) is 0.787. The van der Waals surface area contributed by atoms with Crippen LogP contribution in [-0.4, -0.2) is 21.3 Å². The summed E-state index contributed by atoms with van der Waals surface area (Å²) in [7, 11) is 0. The molecule has 0 aromatic heterocycles. The number of hydrogen-bond donors (Lipinski definition) is 3. The van der Waals surface area contributed by atoms with E-state index in [-0.39, 0.29) is 22.6 Å². The fraction of sp³-hybridized carbons (Fsp3) is 0.133. The van der Waals surface area contributed by atoms with Crippen molar-refractivity contribution in [3.05, 3.63) is 59.2 Å². The van der Waals surface area contributed by atoms with Crippen molar-refractivity contribution in [2.45, 2.75) is 12.8 Å². The smallest absolute Gasteiger partial charge is 0.339 e. The molecule has 0 bridgehead atoms. The Morgan fingerprint density at radius 3 is 2.26 bits per heavy atom. The summed E-state index contributed by atoms with van der Waals surface area (Å²) in [5, 5.41) is 28.5. The van der Waals surface area contributed by atoms with E-state index in [9.17, 15) is 15.0 Å². The van der Waals surface area contributed by atoms with E-state index < -0.39 is 5.97 Å². The van der Waals surface area contributed by atoms with Gasteiger partial charge in [-0.1, -0.05) is 30.3 Å². The number of aromatic carboxylic acids is 1. The van der Waals surface area contributed by atoms with Gasteiger partial charge in [-0.15, -0.1) is 0 Å². The highest BCUT2D eigenvalue weighted by Crippen LogP contribution is 2.31. The second-order valence-electron chi connectivity index (χ2n) is 4.25. The van der Waals surface area contributed by atoms with E-state index in [1.807, 2.05) is 30.3 Å². The molecule has 0 aliphatic carbocycles. The van der Waals surface area contributed by atoms with Crippen molar-refractivity contribution in [3.8, 4) is 11.5 Å². The molecule has 98 valence electrons. The number of phenolic OH excluding ortho intramolecular Hbond substituents is 1. The van der Waals surface area contributed by atoms with E-state index in [0.29, 0.717) is 12.8 Å². The zero-order chi connectivity index (χ0) is 13.8. The molecule has 2 rings (SSSR count). The van der Waals surface area contributed by atoms with Crippen LogP contribution in [0.1, 0.15) is 21.5 Å². The maximum Gasteiger partial charge on any atom is 0.339 e. The third-order valence-corrected chi connectivity index (χ3v) is 2.99. The first-order valence-corrected chi connectivity index (χ1v) is 5.90. The van der Waals surface area contributed by atoms with Crippen LogP contribution >= 0.6 is 0 Å². The van der Waals surface area contributed by atoms with Crippen molar-refractivity contribution >= 4 is 5.97 Å². The van der Waals surface area contributed by atoms with Gasteiger partial charge in [0.2, 0.25) is 0 Å². The second-order valence-corrected chi connectivity index (χ2v) is 4.25. The topological polar surface area (TPSA) is 77.8 Å². The lowest BCUT2D eigenvalue weighted by molar-refractivity contribution is 0.0693. The van der Waals surface area contributed by atoms with E-state index in [0.717, 1.165) is 5.56 Å². The van der Waals surface area contributed by atoms with Crippen LogP contribution < -0.4 is 0 Å². The number of hydrogen-bond acceptors (Lipinski definition) is 3. The van der Waals surface area contributed by atoms with Crippen LogP contribution in [0, 0.1) is 0 Å². The summed E-state index contributed by atoms with van der Waals surface area (Å²) in [4.78, 5) is 10.9. The molecule has 0 saturated heterocycles. The van der Waals surface area contributed by atoms with Gasteiger partial charge in [0.15, 0.2) is 0 Å². The second kappa shape index (κ2) is 5.44. The van der Waals surface area contributed by atoms with Gasteiger partial charge in [0.25, 0.3) is 0 Å². The Labute approximate surface area is 110 Å². The molecule has 0 fully saturated rings. The van der Waals surface area contributed by atoms with Crippen molar-refractivity contribution < 1.29 is 20.1 Å². The number of carbonyl (C=O) groups is 1. The minimum Gasteiger partial charge on any atom is -0.508 e. The largest absolute Gasteiger partial charge is 0.508 e. The minimum absolute atomic E-state index is 0.0848. The molecule has 0 aliphatic heterocycles. The van der Waals surface area contributed by atoms with Gasteiger partial charge in [0.05, 0.1) is 0 Å². The highest BCUT2D eigenvalue weighted by atomic mass is 16.4. The number of aryl methyl sites for hydroxylation is 1. The van der Waals surface area contributed by atoms with E-state index in [1.54, 1.807) is 0 Å². The monoisotopic (exact) mass is 258 g/mol. The minimum atomic E-state index is -1.21. The van der Waals surface area contributed by atoms with Crippen molar-refractivity contribution in [2.75, 3.05) is 0 Å². The van der Waals surface area contributed by atoms with Crippen LogP contribution in [0.2, 0.25) is 0 Å². The van der Waals surface area contributed by atoms with E-state index in [4.69, 9.17) is 5.11 Å². The normalized spacial score (nSPS) is 10.3. The summed E-state index contributed by atoms with van der Waals surface area (Å²) < 4.78 is 0. The van der Waals surface area contributed by atoms with E-state index >= 15 is 0 Å². The Bertz CT molecular complexity index is 591. The number of phenols is 2. The predicted octanol–water partition coefficient (Wildman–Crippen LogP) is 2.58. The molecule has 2 aromatic rings.